The molecule has 0 fully saturated rings. The van der Waals surface area contributed by atoms with E-state index in [2.05, 4.69) is 33.9 Å². The summed E-state index contributed by atoms with van der Waals surface area (Å²) in [5.41, 5.74) is 0. The first-order valence-corrected chi connectivity index (χ1v) is 10.6. The fourth-order valence-corrected chi connectivity index (χ4v) is 3.88. The van der Waals surface area contributed by atoms with Crippen LogP contribution in [0.25, 0.3) is 0 Å². The lowest BCUT2D eigenvalue weighted by atomic mass is 10.2. The van der Waals surface area contributed by atoms with Crippen molar-refractivity contribution in [3.8, 4) is 0 Å². The number of hydrogen-bond donors (Lipinski definition) is 0. The van der Waals surface area contributed by atoms with E-state index in [1.165, 1.54) is 44.9 Å². The van der Waals surface area contributed by atoms with E-state index in [0.29, 0.717) is 6.10 Å². The van der Waals surface area contributed by atoms with E-state index < -0.39 is 8.56 Å². The third-order valence-electron chi connectivity index (χ3n) is 3.15. The van der Waals surface area contributed by atoms with E-state index in [0.717, 1.165) is 13.0 Å². The molecule has 0 aliphatic rings. The molecule has 0 radical (unpaired) electrons. The molecule has 0 saturated carbocycles. The van der Waals surface area contributed by atoms with E-state index in [-0.39, 0.29) is 0 Å². The Morgan fingerprint density at radius 3 is 2.11 bits per heavy atom. The normalized spacial score (nSPS) is 13.8. The van der Waals surface area contributed by atoms with Crippen LogP contribution in [0.2, 0.25) is 13.1 Å². The van der Waals surface area contributed by atoms with Gasteiger partial charge in [0.2, 0.25) is 0 Å². The van der Waals surface area contributed by atoms with Gasteiger partial charge in [-0.25, -0.2) is 0 Å². The van der Waals surface area contributed by atoms with Gasteiger partial charge in [0.05, 0.1) is 0 Å². The van der Waals surface area contributed by atoms with Crippen molar-refractivity contribution in [2.75, 3.05) is 6.61 Å². The number of hydrogen-bond acceptors (Lipinski definition) is 2. The first-order valence-electron chi connectivity index (χ1n) is 7.83. The van der Waals surface area contributed by atoms with Gasteiger partial charge >= 0.3 is 8.56 Å². The van der Waals surface area contributed by atoms with Gasteiger partial charge in [0.15, 0.2) is 0 Å². The maximum atomic E-state index is 6.08. The second-order valence-corrected chi connectivity index (χ2v) is 9.06. The van der Waals surface area contributed by atoms with Gasteiger partial charge < -0.3 is 8.85 Å². The summed E-state index contributed by atoms with van der Waals surface area (Å²) < 4.78 is 12.1. The highest BCUT2D eigenvalue weighted by Gasteiger charge is 2.26. The zero-order valence-corrected chi connectivity index (χ0v) is 14.3. The molecule has 0 aromatic heterocycles. The SMILES string of the molecule is CCCCCCCO[Si](C)(C)OC(C)CCCC. The third kappa shape index (κ3) is 11.2. The minimum atomic E-state index is -1.88. The van der Waals surface area contributed by atoms with Crippen LogP contribution >= 0.6 is 0 Å². The summed E-state index contributed by atoms with van der Waals surface area (Å²) in [6.07, 6.45) is 10.5. The highest BCUT2D eigenvalue weighted by Crippen LogP contribution is 2.15. The summed E-state index contributed by atoms with van der Waals surface area (Å²) in [7, 11) is -1.88. The van der Waals surface area contributed by atoms with Crippen molar-refractivity contribution in [1.29, 1.82) is 0 Å². The topological polar surface area (TPSA) is 18.5 Å². The smallest absolute Gasteiger partial charge is 0.331 e. The zero-order chi connectivity index (χ0) is 13.9. The predicted molar refractivity (Wildman–Crippen MR) is 82.3 cm³/mol. The highest BCUT2D eigenvalue weighted by molar-refractivity contribution is 6.64. The fourth-order valence-electron chi connectivity index (χ4n) is 2.09. The van der Waals surface area contributed by atoms with Gasteiger partial charge in [-0.05, 0) is 32.9 Å². The van der Waals surface area contributed by atoms with Crippen LogP contribution < -0.4 is 0 Å². The van der Waals surface area contributed by atoms with Gasteiger partial charge in [0, 0.05) is 12.7 Å². The maximum absolute atomic E-state index is 6.08. The summed E-state index contributed by atoms with van der Waals surface area (Å²) in [6, 6.07) is 0. The second-order valence-electron chi connectivity index (χ2n) is 5.73. The summed E-state index contributed by atoms with van der Waals surface area (Å²) in [4.78, 5) is 0. The minimum absolute atomic E-state index is 0.353. The molecule has 18 heavy (non-hydrogen) atoms. The van der Waals surface area contributed by atoms with E-state index in [4.69, 9.17) is 8.85 Å². The van der Waals surface area contributed by atoms with E-state index in [1.54, 1.807) is 0 Å². The Hall–Kier alpha value is 0.137. The van der Waals surface area contributed by atoms with Gasteiger partial charge in [-0.2, -0.15) is 0 Å². The van der Waals surface area contributed by atoms with E-state index in [1.807, 2.05) is 0 Å². The average molecular weight is 275 g/mol. The molecule has 0 bridgehead atoms. The van der Waals surface area contributed by atoms with Crippen LogP contribution in [0, 0.1) is 0 Å². The molecule has 2 nitrogen and oxygen atoms in total. The molecule has 0 amide bonds. The summed E-state index contributed by atoms with van der Waals surface area (Å²) in [5.74, 6) is 0. The first-order chi connectivity index (χ1) is 8.52. The number of rotatable bonds is 12. The average Bonchev–Trinajstić information content (AvgIpc) is 2.30. The van der Waals surface area contributed by atoms with Crippen LogP contribution in [0.15, 0.2) is 0 Å². The lowest BCUT2D eigenvalue weighted by Crippen LogP contribution is -2.38. The van der Waals surface area contributed by atoms with Crippen molar-refractivity contribution >= 4 is 8.56 Å². The Kier molecular flexibility index (Phi) is 11.1. The van der Waals surface area contributed by atoms with Crippen LogP contribution in [0.5, 0.6) is 0 Å². The van der Waals surface area contributed by atoms with Gasteiger partial charge in [0.1, 0.15) is 0 Å². The molecule has 110 valence electrons. The van der Waals surface area contributed by atoms with Crippen LogP contribution in [-0.2, 0) is 8.85 Å². The Labute approximate surface area is 116 Å². The second kappa shape index (κ2) is 11.0. The molecule has 0 saturated heterocycles. The molecule has 0 heterocycles. The van der Waals surface area contributed by atoms with Crippen LogP contribution in [0.4, 0.5) is 0 Å². The Morgan fingerprint density at radius 2 is 1.50 bits per heavy atom. The quantitative estimate of drug-likeness (QED) is 0.356. The predicted octanol–water partition coefficient (Wildman–Crippen LogP) is 5.27. The van der Waals surface area contributed by atoms with Crippen LogP contribution in [-0.4, -0.2) is 21.3 Å². The van der Waals surface area contributed by atoms with Gasteiger partial charge in [-0.1, -0.05) is 52.4 Å². The van der Waals surface area contributed by atoms with Crippen molar-refractivity contribution in [1.82, 2.24) is 0 Å². The molecule has 3 heteroatoms. The molecule has 0 spiro atoms. The van der Waals surface area contributed by atoms with E-state index in [9.17, 15) is 0 Å². The Bertz CT molecular complexity index is 183. The van der Waals surface area contributed by atoms with Crippen molar-refractivity contribution in [2.24, 2.45) is 0 Å². The Morgan fingerprint density at radius 1 is 0.889 bits per heavy atom. The Balaban J connectivity index is 3.59. The zero-order valence-electron chi connectivity index (χ0n) is 13.3. The van der Waals surface area contributed by atoms with E-state index >= 15 is 0 Å². The minimum Gasteiger partial charge on any atom is -0.395 e. The molecule has 0 aliphatic carbocycles. The third-order valence-corrected chi connectivity index (χ3v) is 5.02. The summed E-state index contributed by atoms with van der Waals surface area (Å²) in [6.45, 7) is 11.9. The molecule has 1 atom stereocenters. The molecular formula is C15H34O2Si. The molecular weight excluding hydrogens is 240 g/mol. The standard InChI is InChI=1S/C15H34O2Si/c1-6-8-10-11-12-14-16-18(4,5)17-15(3)13-9-7-2/h15H,6-14H2,1-5H3. The van der Waals surface area contributed by atoms with Crippen LogP contribution in [0.1, 0.15) is 72.1 Å². The molecule has 0 aliphatic heterocycles. The van der Waals surface area contributed by atoms with Gasteiger partial charge in [-0.15, -0.1) is 0 Å². The largest absolute Gasteiger partial charge is 0.395 e. The molecule has 1 unspecified atom stereocenters. The molecule has 0 rings (SSSR count). The molecule has 0 aromatic carbocycles. The lowest BCUT2D eigenvalue weighted by Gasteiger charge is -2.27. The highest BCUT2D eigenvalue weighted by atomic mass is 28.4. The van der Waals surface area contributed by atoms with Crippen molar-refractivity contribution in [2.45, 2.75) is 91.3 Å². The first kappa shape index (κ1) is 18.1. The van der Waals surface area contributed by atoms with Crippen molar-refractivity contribution < 1.29 is 8.85 Å². The molecule has 0 aromatic rings. The summed E-state index contributed by atoms with van der Waals surface area (Å²) >= 11 is 0. The van der Waals surface area contributed by atoms with Crippen molar-refractivity contribution in [3.05, 3.63) is 0 Å². The van der Waals surface area contributed by atoms with Crippen LogP contribution in [0.3, 0.4) is 0 Å². The van der Waals surface area contributed by atoms with Gasteiger partial charge in [0.25, 0.3) is 0 Å². The monoisotopic (exact) mass is 274 g/mol. The fraction of sp³-hybridized carbons (Fsp3) is 1.00. The van der Waals surface area contributed by atoms with Crippen molar-refractivity contribution in [3.63, 3.8) is 0 Å². The lowest BCUT2D eigenvalue weighted by molar-refractivity contribution is 0.122. The maximum Gasteiger partial charge on any atom is 0.331 e. The summed E-state index contributed by atoms with van der Waals surface area (Å²) in [5, 5.41) is 0. The van der Waals surface area contributed by atoms with Gasteiger partial charge in [-0.3, -0.25) is 0 Å². The number of unbranched alkanes of at least 4 members (excludes halogenated alkanes) is 5. The molecule has 0 N–H and O–H groups in total.